The average Bonchev–Trinajstić information content (AvgIpc) is 3.60. The number of thiophene rings is 1. The molecule has 2 nitrogen and oxygen atoms in total. The summed E-state index contributed by atoms with van der Waals surface area (Å²) >= 11 is 3.85. The maximum absolute atomic E-state index is 4.47. The van der Waals surface area contributed by atoms with E-state index in [2.05, 4.69) is 200 Å². The number of allylic oxidation sites excluding steroid dienone is 11. The molecule has 1 aromatic heterocycles. The molecule has 0 N–H and O–H groups in total. The summed E-state index contributed by atoms with van der Waals surface area (Å²) in [5.74, 6) is 1.24. The Morgan fingerprint density at radius 3 is 2.33 bits per heavy atom. The molecule has 2 atom stereocenters. The molecule has 2 heterocycles. The highest BCUT2D eigenvalue weighted by Crippen LogP contribution is 2.56. The maximum atomic E-state index is 4.47. The Balaban J connectivity index is 1.06. The molecule has 60 heavy (non-hydrogen) atoms. The van der Waals surface area contributed by atoms with Crippen molar-refractivity contribution in [1.29, 1.82) is 0 Å². The second kappa shape index (κ2) is 15.0. The number of fused-ring (bicyclic) bond motifs is 4. The molecule has 4 heteroatoms. The minimum atomic E-state index is 0.126. The SMILES string of the molecule is C=C/C=C\C1=C(C)CSc2c(cccc2N(c2ccccc2)c2ccc3c4c2C=CC2=CC=C(N(c5ccccc5)c5cccc6c7c(sc56)C(=C)CC=C7)C(C=C3)C24)C1. The Kier molecular flexibility index (Phi) is 9.21. The number of anilines is 5. The molecule has 2 unspecified atom stereocenters. The number of hydrogen-bond donors (Lipinski definition) is 0. The zero-order valence-electron chi connectivity index (χ0n) is 33.6. The third kappa shape index (κ3) is 6.00. The lowest BCUT2D eigenvalue weighted by atomic mass is 9.67. The number of rotatable bonds is 8. The predicted octanol–water partition coefficient (Wildman–Crippen LogP) is 15.9. The largest absolute Gasteiger partial charge is 0.312 e. The van der Waals surface area contributed by atoms with Crippen molar-refractivity contribution in [3.8, 4) is 0 Å². The van der Waals surface area contributed by atoms with E-state index >= 15 is 0 Å². The Labute approximate surface area is 361 Å². The molecule has 5 aromatic carbocycles. The molecular weight excluding hydrogens is 765 g/mol. The van der Waals surface area contributed by atoms with Crippen LogP contribution < -0.4 is 9.80 Å². The standard InChI is InChI=1S/C56H44N2S2/c1-4-5-16-40-34-41-17-13-24-50(55(41)59-35-37(40)3)57(42-18-8-6-9-19-42)48-32-28-38-27-31-47-49(33-29-39-26-30-46(48)52(38)53(39)47)58(43-20-10-7-11-21-43)51-25-14-23-45-44-22-12-15-36(2)54(44)60-56(45)51/h4-14,16-33,47,53H,1-2,15,34-35H2,3H3/b16-5-. The van der Waals surface area contributed by atoms with Crippen LogP contribution in [0.3, 0.4) is 0 Å². The highest BCUT2D eigenvalue weighted by molar-refractivity contribution is 7.99. The first-order chi connectivity index (χ1) is 29.6. The molecule has 0 radical (unpaired) electrons. The molecule has 1 aliphatic heterocycles. The van der Waals surface area contributed by atoms with Crippen LogP contribution in [-0.4, -0.2) is 5.75 Å². The van der Waals surface area contributed by atoms with Crippen molar-refractivity contribution >= 4 is 85.4 Å². The summed E-state index contributed by atoms with van der Waals surface area (Å²) in [6.07, 6.45) is 26.9. The van der Waals surface area contributed by atoms with Crippen molar-refractivity contribution in [2.24, 2.45) is 5.92 Å². The summed E-state index contributed by atoms with van der Waals surface area (Å²) in [5.41, 5.74) is 19.2. The van der Waals surface area contributed by atoms with Crippen LogP contribution in [-0.2, 0) is 6.42 Å². The monoisotopic (exact) mass is 808 g/mol. The maximum Gasteiger partial charge on any atom is 0.0637 e. The number of hydrogen-bond acceptors (Lipinski definition) is 4. The molecular formula is C56H44N2S2. The first kappa shape index (κ1) is 36.7. The lowest BCUT2D eigenvalue weighted by Crippen LogP contribution is -2.31. The van der Waals surface area contributed by atoms with Gasteiger partial charge < -0.3 is 9.80 Å². The lowest BCUT2D eigenvalue weighted by molar-refractivity contribution is 0.619. The van der Waals surface area contributed by atoms with Crippen LogP contribution in [0.15, 0.2) is 198 Å². The average molecular weight is 809 g/mol. The summed E-state index contributed by atoms with van der Waals surface area (Å²) in [5, 5.41) is 1.29. The first-order valence-corrected chi connectivity index (χ1v) is 22.7. The summed E-state index contributed by atoms with van der Waals surface area (Å²) < 4.78 is 1.30. The van der Waals surface area contributed by atoms with Gasteiger partial charge in [0.2, 0.25) is 0 Å². The second-order valence-corrected chi connectivity index (χ2v) is 18.1. The van der Waals surface area contributed by atoms with Crippen LogP contribution in [0.25, 0.3) is 33.9 Å². The molecule has 0 bridgehead atoms. The van der Waals surface area contributed by atoms with Gasteiger partial charge in [-0.15, -0.1) is 23.1 Å². The van der Waals surface area contributed by atoms with E-state index in [-0.39, 0.29) is 11.8 Å². The summed E-state index contributed by atoms with van der Waals surface area (Å²) in [6.45, 7) is 10.7. The minimum absolute atomic E-state index is 0.126. The Morgan fingerprint density at radius 1 is 0.733 bits per heavy atom. The van der Waals surface area contributed by atoms with Crippen molar-refractivity contribution in [3.05, 3.63) is 226 Å². The van der Waals surface area contributed by atoms with Gasteiger partial charge in [-0.3, -0.25) is 0 Å². The molecule has 0 fully saturated rings. The van der Waals surface area contributed by atoms with E-state index in [0.29, 0.717) is 0 Å². The van der Waals surface area contributed by atoms with E-state index in [0.717, 1.165) is 24.3 Å². The molecule has 290 valence electrons. The molecule has 11 rings (SSSR count). The molecule has 0 saturated carbocycles. The minimum Gasteiger partial charge on any atom is -0.312 e. The molecule has 6 aromatic rings. The van der Waals surface area contributed by atoms with Crippen LogP contribution >= 0.6 is 23.1 Å². The van der Waals surface area contributed by atoms with Crippen LogP contribution in [0.1, 0.15) is 52.0 Å². The van der Waals surface area contributed by atoms with E-state index in [1.165, 1.54) is 98.4 Å². The van der Waals surface area contributed by atoms with Gasteiger partial charge in [-0.2, -0.15) is 0 Å². The highest BCUT2D eigenvalue weighted by Gasteiger charge is 2.40. The third-order valence-corrected chi connectivity index (χ3v) is 15.3. The van der Waals surface area contributed by atoms with E-state index in [9.17, 15) is 0 Å². The van der Waals surface area contributed by atoms with Gasteiger partial charge in [0.05, 0.1) is 21.8 Å². The zero-order valence-corrected chi connectivity index (χ0v) is 35.3. The zero-order chi connectivity index (χ0) is 40.3. The molecule has 4 aliphatic carbocycles. The van der Waals surface area contributed by atoms with Crippen LogP contribution in [0.4, 0.5) is 28.4 Å². The third-order valence-electron chi connectivity index (χ3n) is 12.6. The van der Waals surface area contributed by atoms with Gasteiger partial charge in [0.15, 0.2) is 0 Å². The van der Waals surface area contributed by atoms with E-state index < -0.39 is 0 Å². The summed E-state index contributed by atoms with van der Waals surface area (Å²) in [7, 11) is 0. The van der Waals surface area contributed by atoms with Gasteiger partial charge >= 0.3 is 0 Å². The fourth-order valence-electron chi connectivity index (χ4n) is 9.80. The van der Waals surface area contributed by atoms with Crippen molar-refractivity contribution < 1.29 is 0 Å². The van der Waals surface area contributed by atoms with Gasteiger partial charge in [-0.25, -0.2) is 0 Å². The van der Waals surface area contributed by atoms with Gasteiger partial charge in [-0.1, -0.05) is 146 Å². The normalized spacial score (nSPS) is 18.4. The van der Waals surface area contributed by atoms with Gasteiger partial charge in [-0.05, 0) is 102 Å². The van der Waals surface area contributed by atoms with Crippen molar-refractivity contribution in [3.63, 3.8) is 0 Å². The quantitative estimate of drug-likeness (QED) is 0.141. The smallest absolute Gasteiger partial charge is 0.0637 e. The van der Waals surface area contributed by atoms with Crippen molar-refractivity contribution in [2.45, 2.75) is 30.6 Å². The first-order valence-electron chi connectivity index (χ1n) is 20.9. The predicted molar refractivity (Wildman–Crippen MR) is 261 cm³/mol. The molecule has 0 amide bonds. The van der Waals surface area contributed by atoms with E-state index in [1.807, 2.05) is 29.2 Å². The van der Waals surface area contributed by atoms with Crippen molar-refractivity contribution in [1.82, 2.24) is 0 Å². The number of benzene rings is 5. The number of para-hydroxylation sites is 2. The van der Waals surface area contributed by atoms with Crippen molar-refractivity contribution in [2.75, 3.05) is 15.6 Å². The number of nitrogens with zero attached hydrogens (tertiary/aromatic N) is 2. The number of thioether (sulfide) groups is 1. The summed E-state index contributed by atoms with van der Waals surface area (Å²) in [6, 6.07) is 40.3. The van der Waals surface area contributed by atoms with Crippen LogP contribution in [0, 0.1) is 5.92 Å². The molecule has 0 spiro atoms. The molecule has 5 aliphatic rings. The Hall–Kier alpha value is -6.33. The lowest BCUT2D eigenvalue weighted by Gasteiger charge is -2.43. The fraction of sp³-hybridized carbons (Fsp3) is 0.107. The Morgan fingerprint density at radius 2 is 1.52 bits per heavy atom. The van der Waals surface area contributed by atoms with Crippen LogP contribution in [0.2, 0.25) is 0 Å². The second-order valence-electron chi connectivity index (χ2n) is 16.1. The van der Waals surface area contributed by atoms with Gasteiger partial charge in [0.1, 0.15) is 0 Å². The van der Waals surface area contributed by atoms with Gasteiger partial charge in [0, 0.05) is 60.9 Å². The van der Waals surface area contributed by atoms with E-state index in [4.69, 9.17) is 0 Å². The van der Waals surface area contributed by atoms with Gasteiger partial charge in [0.25, 0.3) is 0 Å². The summed E-state index contributed by atoms with van der Waals surface area (Å²) in [4.78, 5) is 7.70. The molecule has 0 saturated heterocycles. The highest BCUT2D eigenvalue weighted by atomic mass is 32.2. The topological polar surface area (TPSA) is 6.48 Å². The van der Waals surface area contributed by atoms with E-state index in [1.54, 1.807) is 0 Å². The Bertz CT molecular complexity index is 2980. The van der Waals surface area contributed by atoms with Crippen LogP contribution in [0.5, 0.6) is 0 Å². The fourth-order valence-corrected chi connectivity index (χ4v) is 12.3.